The van der Waals surface area contributed by atoms with Crippen molar-refractivity contribution in [2.75, 3.05) is 4.90 Å². The van der Waals surface area contributed by atoms with E-state index in [2.05, 4.69) is 0 Å². The Hall–Kier alpha value is -4.06. The Kier molecular flexibility index (Phi) is 6.74. The number of halogens is 2. The first-order valence-corrected chi connectivity index (χ1v) is 12.2. The maximum absolute atomic E-state index is 13.4. The van der Waals surface area contributed by atoms with Crippen molar-refractivity contribution in [3.63, 3.8) is 0 Å². The van der Waals surface area contributed by atoms with Gasteiger partial charge >= 0.3 is 0 Å². The highest BCUT2D eigenvalue weighted by molar-refractivity contribution is 6.51. The van der Waals surface area contributed by atoms with Gasteiger partial charge in [0, 0.05) is 11.3 Å². The van der Waals surface area contributed by atoms with Crippen molar-refractivity contribution in [3.8, 4) is 11.5 Å². The van der Waals surface area contributed by atoms with E-state index in [-0.39, 0.29) is 21.9 Å². The van der Waals surface area contributed by atoms with Crippen molar-refractivity contribution in [1.29, 1.82) is 0 Å². The number of aliphatic hydroxyl groups is 1. The summed E-state index contributed by atoms with van der Waals surface area (Å²) in [6.45, 7) is 1.93. The van der Waals surface area contributed by atoms with Crippen LogP contribution in [0.2, 0.25) is 10.0 Å². The number of carbonyl (C=O) groups excluding carboxylic acids is 2. The number of ether oxygens (including phenoxy) is 1. The number of rotatable bonds is 5. The summed E-state index contributed by atoms with van der Waals surface area (Å²) >= 11 is 12.2. The van der Waals surface area contributed by atoms with Crippen LogP contribution < -0.4 is 9.64 Å². The topological polar surface area (TPSA) is 66.8 Å². The van der Waals surface area contributed by atoms with Gasteiger partial charge in [0.15, 0.2) is 0 Å². The molecule has 1 saturated heterocycles. The van der Waals surface area contributed by atoms with Gasteiger partial charge in [0.05, 0.1) is 21.7 Å². The van der Waals surface area contributed by atoms with Gasteiger partial charge in [-0.25, -0.2) is 0 Å². The first kappa shape index (κ1) is 24.6. The fraction of sp³-hybridized carbons (Fsp3) is 0.0667. The molecule has 5 rings (SSSR count). The maximum Gasteiger partial charge on any atom is 0.300 e. The summed E-state index contributed by atoms with van der Waals surface area (Å²) in [5.74, 6) is -0.727. The molecule has 1 unspecified atom stereocenters. The van der Waals surface area contributed by atoms with Crippen LogP contribution in [0.1, 0.15) is 22.7 Å². The number of aryl methyl sites for hydroxylation is 1. The molecule has 1 aliphatic heterocycles. The summed E-state index contributed by atoms with van der Waals surface area (Å²) in [6.07, 6.45) is 0. The normalized spacial score (nSPS) is 16.7. The highest BCUT2D eigenvalue weighted by Gasteiger charge is 2.47. The number of Topliss-reactive ketones (excluding diaryl/α,β-unsaturated/α-hetero) is 1. The Morgan fingerprint density at radius 1 is 0.811 bits per heavy atom. The molecular weight excluding hydrogens is 509 g/mol. The van der Waals surface area contributed by atoms with Crippen LogP contribution in [0.15, 0.2) is 103 Å². The fourth-order valence-electron chi connectivity index (χ4n) is 4.29. The van der Waals surface area contributed by atoms with Gasteiger partial charge in [-0.1, -0.05) is 71.2 Å². The zero-order chi connectivity index (χ0) is 26.1. The fourth-order valence-corrected chi connectivity index (χ4v) is 4.59. The molecule has 1 amide bonds. The molecule has 1 aliphatic rings. The second-order valence-corrected chi connectivity index (χ2v) is 9.44. The van der Waals surface area contributed by atoms with E-state index in [0.717, 1.165) is 5.56 Å². The van der Waals surface area contributed by atoms with Gasteiger partial charge in [-0.2, -0.15) is 0 Å². The second-order valence-electron chi connectivity index (χ2n) is 8.62. The molecule has 4 aromatic rings. The Labute approximate surface area is 224 Å². The maximum atomic E-state index is 13.4. The first-order valence-electron chi connectivity index (χ1n) is 11.5. The number of amides is 1. The highest BCUT2D eigenvalue weighted by atomic mass is 35.5. The summed E-state index contributed by atoms with van der Waals surface area (Å²) in [4.78, 5) is 28.1. The van der Waals surface area contributed by atoms with Crippen LogP contribution >= 0.6 is 23.2 Å². The van der Waals surface area contributed by atoms with Crippen LogP contribution in [0, 0.1) is 6.92 Å². The molecule has 5 nitrogen and oxygen atoms in total. The van der Waals surface area contributed by atoms with Gasteiger partial charge in [0.2, 0.25) is 0 Å². The number of carbonyl (C=O) groups is 2. The van der Waals surface area contributed by atoms with Crippen molar-refractivity contribution >= 4 is 46.3 Å². The summed E-state index contributed by atoms with van der Waals surface area (Å²) in [6, 6.07) is 27.3. The molecule has 1 N–H and O–H groups in total. The first-order chi connectivity index (χ1) is 17.8. The van der Waals surface area contributed by atoms with Gasteiger partial charge in [0.1, 0.15) is 17.3 Å². The van der Waals surface area contributed by atoms with E-state index >= 15 is 0 Å². The Morgan fingerprint density at radius 3 is 2.22 bits per heavy atom. The summed E-state index contributed by atoms with van der Waals surface area (Å²) in [7, 11) is 0. The number of aliphatic hydroxyl groups excluding tert-OH is 1. The molecule has 1 fully saturated rings. The lowest BCUT2D eigenvalue weighted by Crippen LogP contribution is -2.29. The van der Waals surface area contributed by atoms with Crippen LogP contribution in [-0.2, 0) is 9.59 Å². The molecule has 0 aliphatic carbocycles. The van der Waals surface area contributed by atoms with Crippen molar-refractivity contribution in [1.82, 2.24) is 0 Å². The van der Waals surface area contributed by atoms with Crippen LogP contribution in [0.4, 0.5) is 5.69 Å². The van der Waals surface area contributed by atoms with Crippen LogP contribution in [0.25, 0.3) is 5.76 Å². The van der Waals surface area contributed by atoms with Gasteiger partial charge in [-0.15, -0.1) is 0 Å². The van der Waals surface area contributed by atoms with Crippen LogP contribution in [-0.4, -0.2) is 16.8 Å². The van der Waals surface area contributed by atoms with E-state index in [9.17, 15) is 14.7 Å². The number of benzene rings is 4. The molecule has 184 valence electrons. The van der Waals surface area contributed by atoms with E-state index in [1.54, 1.807) is 42.5 Å². The zero-order valence-electron chi connectivity index (χ0n) is 19.7. The standard InChI is InChI=1S/C30H21Cl2NO4/c1-18-10-13-21(14-11-18)33-27(19-6-5-9-23(16-19)37-22-7-3-2-4-8-22)26(29(35)30(33)36)28(34)20-12-15-24(31)25(32)17-20/h2-17,27,34H,1H3/b28-26-. The van der Waals surface area contributed by atoms with E-state index < -0.39 is 17.7 Å². The Bertz CT molecular complexity index is 1530. The molecule has 37 heavy (non-hydrogen) atoms. The van der Waals surface area contributed by atoms with E-state index in [0.29, 0.717) is 27.8 Å². The van der Waals surface area contributed by atoms with Crippen LogP contribution in [0.5, 0.6) is 11.5 Å². The lowest BCUT2D eigenvalue weighted by atomic mass is 9.95. The molecule has 7 heteroatoms. The minimum Gasteiger partial charge on any atom is -0.507 e. The van der Waals surface area contributed by atoms with E-state index in [1.165, 1.54) is 17.0 Å². The van der Waals surface area contributed by atoms with Gasteiger partial charge in [-0.3, -0.25) is 14.5 Å². The third-order valence-corrected chi connectivity index (χ3v) is 6.84. The van der Waals surface area contributed by atoms with Crippen molar-refractivity contribution < 1.29 is 19.4 Å². The third kappa shape index (κ3) is 4.84. The average molecular weight is 530 g/mol. The zero-order valence-corrected chi connectivity index (χ0v) is 21.2. The molecular formula is C30H21Cl2NO4. The Morgan fingerprint density at radius 2 is 1.51 bits per heavy atom. The van der Waals surface area contributed by atoms with Crippen LogP contribution in [0.3, 0.4) is 0 Å². The molecule has 0 radical (unpaired) electrons. The second kappa shape index (κ2) is 10.1. The minimum atomic E-state index is -0.906. The molecule has 4 aromatic carbocycles. The van der Waals surface area contributed by atoms with E-state index in [4.69, 9.17) is 27.9 Å². The molecule has 0 saturated carbocycles. The van der Waals surface area contributed by atoms with Crippen molar-refractivity contribution in [3.05, 3.63) is 129 Å². The summed E-state index contributed by atoms with van der Waals surface area (Å²) < 4.78 is 6.00. The largest absolute Gasteiger partial charge is 0.507 e. The number of hydrogen-bond acceptors (Lipinski definition) is 4. The monoisotopic (exact) mass is 529 g/mol. The molecule has 0 bridgehead atoms. The number of hydrogen-bond donors (Lipinski definition) is 1. The quantitative estimate of drug-likeness (QED) is 0.163. The summed E-state index contributed by atoms with van der Waals surface area (Å²) in [5.41, 5.74) is 2.35. The third-order valence-electron chi connectivity index (χ3n) is 6.10. The number of ketones is 1. The average Bonchev–Trinajstić information content (AvgIpc) is 3.17. The van der Waals surface area contributed by atoms with Crippen molar-refractivity contribution in [2.24, 2.45) is 0 Å². The highest BCUT2D eigenvalue weighted by Crippen LogP contribution is 2.43. The van der Waals surface area contributed by atoms with Crippen molar-refractivity contribution in [2.45, 2.75) is 13.0 Å². The Balaban J connectivity index is 1.67. The predicted molar refractivity (Wildman–Crippen MR) is 145 cm³/mol. The lowest BCUT2D eigenvalue weighted by Gasteiger charge is -2.26. The molecule has 0 aromatic heterocycles. The van der Waals surface area contributed by atoms with Gasteiger partial charge in [0.25, 0.3) is 11.7 Å². The number of nitrogens with zero attached hydrogens (tertiary/aromatic N) is 1. The molecule has 0 spiro atoms. The summed E-state index contributed by atoms with van der Waals surface area (Å²) in [5, 5.41) is 11.8. The lowest BCUT2D eigenvalue weighted by molar-refractivity contribution is -0.132. The number of anilines is 1. The van der Waals surface area contributed by atoms with Gasteiger partial charge < -0.3 is 9.84 Å². The van der Waals surface area contributed by atoms with Gasteiger partial charge in [-0.05, 0) is 67.1 Å². The molecule has 1 atom stereocenters. The predicted octanol–water partition coefficient (Wildman–Crippen LogP) is 7.72. The molecule has 1 heterocycles. The minimum absolute atomic E-state index is 0.0548. The number of para-hydroxylation sites is 1. The smallest absolute Gasteiger partial charge is 0.300 e. The van der Waals surface area contributed by atoms with E-state index in [1.807, 2.05) is 49.4 Å². The SMILES string of the molecule is Cc1ccc(N2C(=O)C(=O)/C(=C(\O)c3ccc(Cl)c(Cl)c3)C2c2cccc(Oc3ccccc3)c2)cc1.